The van der Waals surface area contributed by atoms with Gasteiger partial charge in [-0.25, -0.2) is 18.4 Å². The molecular formula is C21H28N2O5S. The number of primary sulfonamides is 1. The first-order valence-corrected chi connectivity index (χ1v) is 11.0. The second-order valence-electron chi connectivity index (χ2n) is 7.64. The number of hydrogen-bond donors (Lipinski definition) is 1. The average Bonchev–Trinajstić information content (AvgIpc) is 2.91. The molecule has 2 rings (SSSR count). The van der Waals surface area contributed by atoms with Crippen molar-refractivity contribution in [3.05, 3.63) is 52.3 Å². The van der Waals surface area contributed by atoms with Crippen LogP contribution in [0.3, 0.4) is 0 Å². The van der Waals surface area contributed by atoms with Crippen molar-refractivity contribution in [1.29, 1.82) is 0 Å². The minimum atomic E-state index is -3.95. The molecule has 0 spiro atoms. The van der Waals surface area contributed by atoms with Gasteiger partial charge in [0.1, 0.15) is 0 Å². The zero-order valence-electron chi connectivity index (χ0n) is 17.5. The highest BCUT2D eigenvalue weighted by Crippen LogP contribution is 2.19. The number of ether oxygens (including phenoxy) is 1. The number of sulfonamides is 1. The summed E-state index contributed by atoms with van der Waals surface area (Å²) in [6.07, 6.45) is 0.999. The molecule has 158 valence electrons. The normalized spacial score (nSPS) is 11.7. The zero-order chi connectivity index (χ0) is 21.9. The minimum Gasteiger partial charge on any atom is -0.454 e. The number of aryl methyl sites for hydroxylation is 2. The molecule has 0 atom stereocenters. The second-order valence-corrected chi connectivity index (χ2v) is 9.20. The largest absolute Gasteiger partial charge is 0.454 e. The highest BCUT2D eigenvalue weighted by molar-refractivity contribution is 7.89. The van der Waals surface area contributed by atoms with Gasteiger partial charge in [0, 0.05) is 23.5 Å². The highest BCUT2D eigenvalue weighted by Gasteiger charge is 2.20. The van der Waals surface area contributed by atoms with Crippen LogP contribution in [0, 0.1) is 26.7 Å². The fourth-order valence-electron chi connectivity index (χ4n) is 3.10. The number of esters is 1. The standard InChI is InChI=1S/C21H28N2O5S/c1-13(2)8-9-23-15(4)10-19(16(23)5)20(24)12-28-21(25)18-11-17(29(22,26)27)7-6-14(18)3/h6-7,10-11,13H,8-9,12H2,1-5H3,(H2,22,26,27). The summed E-state index contributed by atoms with van der Waals surface area (Å²) in [5.41, 5.74) is 2.94. The molecule has 0 unspecified atom stereocenters. The van der Waals surface area contributed by atoms with Crippen molar-refractivity contribution in [1.82, 2.24) is 4.57 Å². The van der Waals surface area contributed by atoms with Gasteiger partial charge in [0.15, 0.2) is 6.61 Å². The first-order chi connectivity index (χ1) is 13.4. The molecule has 2 N–H and O–H groups in total. The maximum Gasteiger partial charge on any atom is 0.338 e. The van der Waals surface area contributed by atoms with Crippen molar-refractivity contribution in [2.75, 3.05) is 6.61 Å². The molecule has 0 amide bonds. The lowest BCUT2D eigenvalue weighted by atomic mass is 10.1. The molecular weight excluding hydrogens is 392 g/mol. The summed E-state index contributed by atoms with van der Waals surface area (Å²) in [7, 11) is -3.95. The third-order valence-electron chi connectivity index (χ3n) is 4.90. The Balaban J connectivity index is 2.14. The maximum absolute atomic E-state index is 12.6. The van der Waals surface area contributed by atoms with Crippen LogP contribution < -0.4 is 5.14 Å². The van der Waals surface area contributed by atoms with Gasteiger partial charge in [0.05, 0.1) is 10.5 Å². The van der Waals surface area contributed by atoms with Gasteiger partial charge in [0.2, 0.25) is 15.8 Å². The SMILES string of the molecule is Cc1ccc(S(N)(=O)=O)cc1C(=O)OCC(=O)c1cc(C)n(CCC(C)C)c1C. The number of carbonyl (C=O) groups excluding carboxylic acids is 2. The predicted octanol–water partition coefficient (Wildman–Crippen LogP) is 3.15. The van der Waals surface area contributed by atoms with Crippen LogP contribution in [-0.4, -0.2) is 31.3 Å². The van der Waals surface area contributed by atoms with Crippen LogP contribution in [0.5, 0.6) is 0 Å². The molecule has 8 heteroatoms. The highest BCUT2D eigenvalue weighted by atomic mass is 32.2. The molecule has 1 heterocycles. The quantitative estimate of drug-likeness (QED) is 0.521. The van der Waals surface area contributed by atoms with Crippen molar-refractivity contribution in [3.63, 3.8) is 0 Å². The van der Waals surface area contributed by atoms with E-state index in [1.54, 1.807) is 13.0 Å². The van der Waals surface area contributed by atoms with E-state index in [4.69, 9.17) is 9.88 Å². The third kappa shape index (κ3) is 5.55. The van der Waals surface area contributed by atoms with Gasteiger partial charge < -0.3 is 9.30 Å². The van der Waals surface area contributed by atoms with Gasteiger partial charge in [-0.1, -0.05) is 19.9 Å². The molecule has 0 fully saturated rings. The van der Waals surface area contributed by atoms with Crippen LogP contribution in [-0.2, 0) is 21.3 Å². The fraction of sp³-hybridized carbons (Fsp3) is 0.429. The Morgan fingerprint density at radius 1 is 1.10 bits per heavy atom. The number of hydrogen-bond acceptors (Lipinski definition) is 5. The first-order valence-electron chi connectivity index (χ1n) is 9.42. The number of nitrogens with two attached hydrogens (primary N) is 1. The smallest absolute Gasteiger partial charge is 0.338 e. The van der Waals surface area contributed by atoms with Crippen LogP contribution in [0.25, 0.3) is 0 Å². The Morgan fingerprint density at radius 3 is 2.34 bits per heavy atom. The monoisotopic (exact) mass is 420 g/mol. The van der Waals surface area contributed by atoms with E-state index in [2.05, 4.69) is 18.4 Å². The average molecular weight is 421 g/mol. The Labute approximate surface area is 171 Å². The first kappa shape index (κ1) is 22.8. The van der Waals surface area contributed by atoms with E-state index in [0.29, 0.717) is 17.0 Å². The van der Waals surface area contributed by atoms with E-state index < -0.39 is 22.6 Å². The molecule has 0 aliphatic heterocycles. The van der Waals surface area contributed by atoms with E-state index in [1.165, 1.54) is 12.1 Å². The van der Waals surface area contributed by atoms with Crippen molar-refractivity contribution >= 4 is 21.8 Å². The van der Waals surface area contributed by atoms with E-state index in [9.17, 15) is 18.0 Å². The molecule has 0 saturated carbocycles. The molecule has 29 heavy (non-hydrogen) atoms. The van der Waals surface area contributed by atoms with Crippen molar-refractivity contribution in [2.45, 2.75) is 52.5 Å². The lowest BCUT2D eigenvalue weighted by Gasteiger charge is -2.11. The number of carbonyl (C=O) groups is 2. The van der Waals surface area contributed by atoms with E-state index in [0.717, 1.165) is 30.4 Å². The Bertz CT molecular complexity index is 1040. The van der Waals surface area contributed by atoms with Crippen LogP contribution >= 0.6 is 0 Å². The van der Waals surface area contributed by atoms with Gasteiger partial charge in [-0.3, -0.25) is 4.79 Å². The zero-order valence-corrected chi connectivity index (χ0v) is 18.3. The van der Waals surface area contributed by atoms with Gasteiger partial charge in [0.25, 0.3) is 0 Å². The molecule has 1 aromatic carbocycles. The number of rotatable bonds is 8. The van der Waals surface area contributed by atoms with Crippen molar-refractivity contribution in [3.8, 4) is 0 Å². The molecule has 1 aromatic heterocycles. The third-order valence-corrected chi connectivity index (χ3v) is 5.81. The maximum atomic E-state index is 12.6. The number of benzene rings is 1. The topological polar surface area (TPSA) is 108 Å². The molecule has 0 bridgehead atoms. The molecule has 0 saturated heterocycles. The molecule has 0 aliphatic rings. The summed E-state index contributed by atoms with van der Waals surface area (Å²) >= 11 is 0. The van der Waals surface area contributed by atoms with Crippen LogP contribution in [0.1, 0.15) is 57.9 Å². The summed E-state index contributed by atoms with van der Waals surface area (Å²) in [6, 6.07) is 5.76. The number of nitrogens with zero attached hydrogens (tertiary/aromatic N) is 1. The van der Waals surface area contributed by atoms with Crippen molar-refractivity contribution in [2.24, 2.45) is 11.1 Å². The number of Topliss-reactive ketones (excluding diaryl/α,β-unsaturated/α-hetero) is 1. The lowest BCUT2D eigenvalue weighted by Crippen LogP contribution is -2.17. The van der Waals surface area contributed by atoms with Gasteiger partial charge in [-0.2, -0.15) is 0 Å². The Kier molecular flexibility index (Phi) is 7.02. The second kappa shape index (κ2) is 8.92. The van der Waals surface area contributed by atoms with E-state index in [-0.39, 0.29) is 16.2 Å². The van der Waals surface area contributed by atoms with Gasteiger partial charge in [-0.05, 0) is 56.9 Å². The summed E-state index contributed by atoms with van der Waals surface area (Å²) < 4.78 is 30.3. The summed E-state index contributed by atoms with van der Waals surface area (Å²) in [5, 5.41) is 5.11. The molecule has 0 aliphatic carbocycles. The number of aromatic nitrogens is 1. The molecule has 0 radical (unpaired) electrons. The lowest BCUT2D eigenvalue weighted by molar-refractivity contribution is 0.0473. The summed E-state index contributed by atoms with van der Waals surface area (Å²) in [4.78, 5) is 24.8. The van der Waals surface area contributed by atoms with Crippen molar-refractivity contribution < 1.29 is 22.7 Å². The summed E-state index contributed by atoms with van der Waals surface area (Å²) in [6.45, 7) is 10.2. The number of ketones is 1. The van der Waals surface area contributed by atoms with Crippen LogP contribution in [0.4, 0.5) is 0 Å². The Hall–Kier alpha value is -2.45. The van der Waals surface area contributed by atoms with Gasteiger partial charge >= 0.3 is 5.97 Å². The Morgan fingerprint density at radius 2 is 1.76 bits per heavy atom. The van der Waals surface area contributed by atoms with Gasteiger partial charge in [-0.15, -0.1) is 0 Å². The molecule has 2 aromatic rings. The van der Waals surface area contributed by atoms with Crippen LogP contribution in [0.15, 0.2) is 29.2 Å². The molecule has 7 nitrogen and oxygen atoms in total. The van der Waals surface area contributed by atoms with Crippen LogP contribution in [0.2, 0.25) is 0 Å². The van der Waals surface area contributed by atoms with E-state index in [1.807, 2.05) is 13.8 Å². The fourth-order valence-corrected chi connectivity index (χ4v) is 3.64. The summed E-state index contributed by atoms with van der Waals surface area (Å²) in [5.74, 6) is -0.523. The minimum absolute atomic E-state index is 0.0618. The van der Waals surface area contributed by atoms with E-state index >= 15 is 0 Å². The predicted molar refractivity (Wildman–Crippen MR) is 111 cm³/mol.